The fourth-order valence-electron chi connectivity index (χ4n) is 1.14. The number of pyridine rings is 1. The van der Waals surface area contributed by atoms with Crippen molar-refractivity contribution in [1.82, 2.24) is 4.57 Å². The van der Waals surface area contributed by atoms with Crippen molar-refractivity contribution in [2.75, 3.05) is 0 Å². The molecule has 0 saturated carbocycles. The fraction of sp³-hybridized carbons (Fsp3) is 0.400. The van der Waals surface area contributed by atoms with E-state index in [1.807, 2.05) is 0 Å². The van der Waals surface area contributed by atoms with Crippen LogP contribution in [-0.2, 0) is 17.3 Å². The average Bonchev–Trinajstić information content (AvgIpc) is 2.13. The third-order valence-corrected chi connectivity index (χ3v) is 2.67. The number of halogens is 1. The third-order valence-electron chi connectivity index (χ3n) is 2.40. The van der Waals surface area contributed by atoms with Gasteiger partial charge in [0.05, 0.1) is 5.41 Å². The Morgan fingerprint density at radius 3 is 2.47 bits per heavy atom. The summed E-state index contributed by atoms with van der Waals surface area (Å²) in [6, 6.07) is 1.40. The maximum absolute atomic E-state index is 11.3. The first-order valence-corrected chi connectivity index (χ1v) is 4.74. The first-order valence-electron chi connectivity index (χ1n) is 4.37. The molecule has 0 bridgehead atoms. The van der Waals surface area contributed by atoms with Crippen LogP contribution >= 0.6 is 11.6 Å². The van der Waals surface area contributed by atoms with E-state index in [-0.39, 0.29) is 10.6 Å². The van der Waals surface area contributed by atoms with Crippen LogP contribution < -0.4 is 5.56 Å². The number of aliphatic carboxylic acids is 1. The van der Waals surface area contributed by atoms with Crippen molar-refractivity contribution in [2.24, 2.45) is 7.05 Å². The number of nitrogens with zero attached hydrogens (tertiary/aromatic N) is 1. The molecule has 0 fully saturated rings. The first kappa shape index (κ1) is 11.8. The molecule has 0 amide bonds. The van der Waals surface area contributed by atoms with Crippen LogP contribution in [-0.4, -0.2) is 15.6 Å². The normalized spacial score (nSPS) is 11.5. The van der Waals surface area contributed by atoms with Gasteiger partial charge in [-0.3, -0.25) is 9.59 Å². The van der Waals surface area contributed by atoms with E-state index in [2.05, 4.69) is 0 Å². The highest BCUT2D eigenvalue weighted by atomic mass is 35.5. The summed E-state index contributed by atoms with van der Waals surface area (Å²) in [6.07, 6.45) is 1.49. The first-order chi connectivity index (χ1) is 6.76. The highest BCUT2D eigenvalue weighted by Crippen LogP contribution is 2.23. The highest BCUT2D eigenvalue weighted by Gasteiger charge is 2.30. The van der Waals surface area contributed by atoms with Crippen LogP contribution in [0.15, 0.2) is 17.1 Å². The van der Waals surface area contributed by atoms with Gasteiger partial charge >= 0.3 is 5.97 Å². The molecule has 1 aromatic rings. The quantitative estimate of drug-likeness (QED) is 0.834. The Balaban J connectivity index is 3.41. The van der Waals surface area contributed by atoms with Crippen LogP contribution in [0.25, 0.3) is 0 Å². The fourth-order valence-corrected chi connectivity index (χ4v) is 1.39. The smallest absolute Gasteiger partial charge is 0.313 e. The molecule has 82 valence electrons. The van der Waals surface area contributed by atoms with Crippen LogP contribution in [0.1, 0.15) is 19.4 Å². The van der Waals surface area contributed by atoms with Crippen LogP contribution in [0.2, 0.25) is 5.02 Å². The Morgan fingerprint density at radius 1 is 1.53 bits per heavy atom. The number of hydrogen-bond acceptors (Lipinski definition) is 2. The lowest BCUT2D eigenvalue weighted by Gasteiger charge is -2.20. The van der Waals surface area contributed by atoms with Gasteiger partial charge in [-0.25, -0.2) is 0 Å². The summed E-state index contributed by atoms with van der Waals surface area (Å²) in [6.45, 7) is 3.12. The van der Waals surface area contributed by atoms with Gasteiger partial charge in [0, 0.05) is 13.2 Å². The van der Waals surface area contributed by atoms with Crippen LogP contribution in [0, 0.1) is 0 Å². The second-order valence-electron chi connectivity index (χ2n) is 3.92. The van der Waals surface area contributed by atoms with Crippen molar-refractivity contribution in [1.29, 1.82) is 0 Å². The second-order valence-corrected chi connectivity index (χ2v) is 4.33. The van der Waals surface area contributed by atoms with Crippen molar-refractivity contribution < 1.29 is 9.90 Å². The summed E-state index contributed by atoms with van der Waals surface area (Å²) in [5.41, 5.74) is -0.890. The van der Waals surface area contributed by atoms with Gasteiger partial charge < -0.3 is 9.67 Å². The molecule has 4 nitrogen and oxygen atoms in total. The molecule has 1 N–H and O–H groups in total. The van der Waals surface area contributed by atoms with Gasteiger partial charge in [-0.15, -0.1) is 0 Å². The molecule has 1 rings (SSSR count). The maximum atomic E-state index is 11.3. The molecule has 0 radical (unpaired) electrons. The molecule has 0 atom stereocenters. The Labute approximate surface area is 92.1 Å². The van der Waals surface area contributed by atoms with Gasteiger partial charge in [0.2, 0.25) is 0 Å². The maximum Gasteiger partial charge on any atom is 0.313 e. The van der Waals surface area contributed by atoms with Crippen molar-refractivity contribution in [2.45, 2.75) is 19.3 Å². The molecule has 0 aliphatic rings. The minimum atomic E-state index is -1.06. The predicted molar refractivity (Wildman–Crippen MR) is 57.4 cm³/mol. The summed E-state index contributed by atoms with van der Waals surface area (Å²) < 4.78 is 1.28. The summed E-state index contributed by atoms with van der Waals surface area (Å²) in [5.74, 6) is -0.961. The number of rotatable bonds is 2. The lowest BCUT2D eigenvalue weighted by atomic mass is 9.86. The molecule has 0 unspecified atom stereocenters. The predicted octanol–water partition coefficient (Wildman–Crippen LogP) is 1.40. The summed E-state index contributed by atoms with van der Waals surface area (Å²) in [4.78, 5) is 22.3. The second kappa shape index (κ2) is 3.70. The van der Waals surface area contributed by atoms with Crippen LogP contribution in [0.5, 0.6) is 0 Å². The number of aryl methyl sites for hydroxylation is 1. The Bertz CT molecular complexity index is 436. The molecule has 5 heteroatoms. The summed E-state index contributed by atoms with van der Waals surface area (Å²) >= 11 is 5.70. The van der Waals surface area contributed by atoms with E-state index < -0.39 is 11.4 Å². The average molecular weight is 230 g/mol. The number of aromatic nitrogens is 1. The van der Waals surface area contributed by atoms with Gasteiger partial charge in [0.1, 0.15) is 5.02 Å². The van der Waals surface area contributed by atoms with E-state index in [1.54, 1.807) is 13.8 Å². The van der Waals surface area contributed by atoms with E-state index in [0.29, 0.717) is 5.56 Å². The summed E-state index contributed by atoms with van der Waals surface area (Å²) in [5, 5.41) is 9.05. The van der Waals surface area contributed by atoms with E-state index in [0.717, 1.165) is 0 Å². The van der Waals surface area contributed by atoms with Crippen LogP contribution in [0.4, 0.5) is 0 Å². The lowest BCUT2D eigenvalue weighted by molar-refractivity contribution is -0.142. The molecule has 0 aliphatic heterocycles. The summed E-state index contributed by atoms with van der Waals surface area (Å²) in [7, 11) is 1.54. The van der Waals surface area contributed by atoms with E-state index in [1.165, 1.54) is 23.9 Å². The molecule has 0 aliphatic carbocycles. The molecule has 0 saturated heterocycles. The Hall–Kier alpha value is -1.29. The van der Waals surface area contributed by atoms with Gasteiger partial charge in [0.15, 0.2) is 0 Å². The van der Waals surface area contributed by atoms with E-state index in [9.17, 15) is 9.59 Å². The zero-order valence-electron chi connectivity index (χ0n) is 8.74. The van der Waals surface area contributed by atoms with Crippen molar-refractivity contribution >= 4 is 17.6 Å². The number of hydrogen-bond donors (Lipinski definition) is 1. The number of carbonyl (C=O) groups is 1. The third kappa shape index (κ3) is 2.04. The standard InChI is InChI=1S/C10H12ClNO3/c1-10(2,9(14)15)6-4-7(11)8(13)12(3)5-6/h4-5H,1-3H3,(H,14,15). The zero-order chi connectivity index (χ0) is 11.8. The van der Waals surface area contributed by atoms with Crippen molar-refractivity contribution in [3.63, 3.8) is 0 Å². The largest absolute Gasteiger partial charge is 0.481 e. The topological polar surface area (TPSA) is 59.3 Å². The Morgan fingerprint density at radius 2 is 2.07 bits per heavy atom. The molecule has 0 spiro atoms. The SMILES string of the molecule is Cn1cc(C(C)(C)C(=O)O)cc(Cl)c1=O. The van der Waals surface area contributed by atoms with Gasteiger partial charge in [-0.1, -0.05) is 11.6 Å². The van der Waals surface area contributed by atoms with Gasteiger partial charge in [-0.2, -0.15) is 0 Å². The van der Waals surface area contributed by atoms with Gasteiger partial charge in [0.25, 0.3) is 5.56 Å². The number of carboxylic acids is 1. The zero-order valence-corrected chi connectivity index (χ0v) is 9.50. The van der Waals surface area contributed by atoms with Crippen molar-refractivity contribution in [3.8, 4) is 0 Å². The minimum Gasteiger partial charge on any atom is -0.481 e. The molecule has 1 heterocycles. The number of carboxylic acid groups (broad SMARTS) is 1. The van der Waals surface area contributed by atoms with E-state index in [4.69, 9.17) is 16.7 Å². The molecular weight excluding hydrogens is 218 g/mol. The van der Waals surface area contributed by atoms with Gasteiger partial charge in [-0.05, 0) is 25.5 Å². The molecule has 0 aromatic carbocycles. The lowest BCUT2D eigenvalue weighted by Crippen LogP contribution is -2.31. The molecule has 15 heavy (non-hydrogen) atoms. The van der Waals surface area contributed by atoms with E-state index >= 15 is 0 Å². The van der Waals surface area contributed by atoms with Crippen LogP contribution in [0.3, 0.4) is 0 Å². The monoisotopic (exact) mass is 229 g/mol. The van der Waals surface area contributed by atoms with Crippen molar-refractivity contribution in [3.05, 3.63) is 33.2 Å². The molecule has 1 aromatic heterocycles. The minimum absolute atomic E-state index is 0.0318. The molecular formula is C10H12ClNO3. The highest BCUT2D eigenvalue weighted by molar-refractivity contribution is 6.30. The Kier molecular flexibility index (Phi) is 2.90.